The lowest BCUT2D eigenvalue weighted by Gasteiger charge is -2.50. The molecular weight excluding hydrogens is 908 g/mol. The van der Waals surface area contributed by atoms with Crippen molar-refractivity contribution in [1.29, 1.82) is 0 Å². The number of rotatable bonds is 11. The first-order chi connectivity index (χ1) is 33.7. The SMILES string of the molecule is C#Cc1cc(Cl)c(CNC(=O)[C@@H]2C[C@@H](O)CN2C(=O)[C@@H](NC(=O)[C@H]2CC[C@@H](N3CCC(N4CCC(N5CCN6c7cc(-c8ccccc8O)nnc7NC[C@H]6C5)CC4)CC3)CC2)C(C)(C)C)c(OC)c1. The number of aromatic hydroxyl groups is 1. The minimum atomic E-state index is -0.920. The monoisotopic (exact) mass is 979 g/mol. The van der Waals surface area contributed by atoms with Gasteiger partial charge in [0.05, 0.1) is 35.7 Å². The average molecular weight is 980 g/mol. The topological polar surface area (TPSA) is 179 Å². The molecule has 6 heterocycles. The number of aliphatic hydroxyl groups excluding tert-OH is 1. The molecule has 0 spiro atoms. The number of amides is 3. The van der Waals surface area contributed by atoms with Crippen LogP contribution < -0.4 is 25.6 Å². The Labute approximate surface area is 417 Å². The Kier molecular flexibility index (Phi) is 15.1. The molecule has 376 valence electrons. The molecule has 1 aromatic heterocycles. The maximum Gasteiger partial charge on any atom is 0.246 e. The van der Waals surface area contributed by atoms with Crippen LogP contribution in [0, 0.1) is 23.7 Å². The highest BCUT2D eigenvalue weighted by molar-refractivity contribution is 6.31. The minimum absolute atomic E-state index is 0.00478. The van der Waals surface area contributed by atoms with Crippen LogP contribution in [0.3, 0.4) is 0 Å². The number of aromatic nitrogens is 2. The lowest BCUT2D eigenvalue weighted by molar-refractivity contribution is -0.144. The van der Waals surface area contributed by atoms with Crippen LogP contribution in [-0.4, -0.2) is 166 Å². The molecule has 17 heteroatoms. The second-order valence-electron chi connectivity index (χ2n) is 21.4. The van der Waals surface area contributed by atoms with Gasteiger partial charge in [-0.1, -0.05) is 50.4 Å². The zero-order valence-electron chi connectivity index (χ0n) is 41.2. The van der Waals surface area contributed by atoms with Gasteiger partial charge in [0.2, 0.25) is 17.7 Å². The number of para-hydroxylation sites is 1. The summed E-state index contributed by atoms with van der Waals surface area (Å²) in [7, 11) is 1.50. The summed E-state index contributed by atoms with van der Waals surface area (Å²) in [6, 6.07) is 12.9. The molecule has 5 fully saturated rings. The Balaban J connectivity index is 0.712. The van der Waals surface area contributed by atoms with Crippen molar-refractivity contribution in [3.8, 4) is 35.1 Å². The fourth-order valence-electron chi connectivity index (χ4n) is 12.1. The molecule has 0 bridgehead atoms. The highest BCUT2D eigenvalue weighted by Crippen LogP contribution is 2.38. The number of hydrogen-bond donors (Lipinski definition) is 5. The van der Waals surface area contributed by atoms with Crippen molar-refractivity contribution >= 4 is 40.8 Å². The maximum atomic E-state index is 14.3. The number of terminal acetylenes is 1. The van der Waals surface area contributed by atoms with Gasteiger partial charge in [-0.15, -0.1) is 16.6 Å². The van der Waals surface area contributed by atoms with E-state index in [1.165, 1.54) is 37.7 Å². The van der Waals surface area contributed by atoms with Crippen molar-refractivity contribution in [2.75, 3.05) is 76.2 Å². The van der Waals surface area contributed by atoms with Crippen LogP contribution in [0.15, 0.2) is 42.5 Å². The molecule has 0 radical (unpaired) electrons. The summed E-state index contributed by atoms with van der Waals surface area (Å²) < 4.78 is 5.48. The summed E-state index contributed by atoms with van der Waals surface area (Å²) in [5.41, 5.74) is 2.90. The quantitative estimate of drug-likeness (QED) is 0.167. The molecule has 3 amide bonds. The fourth-order valence-corrected chi connectivity index (χ4v) is 12.4. The Morgan fingerprint density at radius 3 is 2.20 bits per heavy atom. The van der Waals surface area contributed by atoms with E-state index >= 15 is 0 Å². The van der Waals surface area contributed by atoms with E-state index in [1.54, 1.807) is 18.2 Å². The molecule has 70 heavy (non-hydrogen) atoms. The number of fused-ring (bicyclic) bond motifs is 3. The number of aliphatic hydroxyl groups is 1. The molecule has 2 aromatic carbocycles. The molecule has 5 N–H and O–H groups in total. The lowest BCUT2D eigenvalue weighted by atomic mass is 9.82. The molecule has 1 saturated carbocycles. The van der Waals surface area contributed by atoms with Gasteiger partial charge < -0.3 is 50.5 Å². The van der Waals surface area contributed by atoms with Crippen LogP contribution in [0.5, 0.6) is 11.5 Å². The number of β-amino-alcohol motifs (C(OH)–C–C–N with tert-alkyl or cyclic N) is 1. The van der Waals surface area contributed by atoms with Crippen molar-refractivity contribution < 1.29 is 29.3 Å². The number of phenolic OH excluding ortho intramolecular Hbond substituents is 1. The minimum Gasteiger partial charge on any atom is -0.507 e. The molecule has 16 nitrogen and oxygen atoms in total. The first-order valence-electron chi connectivity index (χ1n) is 25.5. The molecule has 6 aliphatic rings. The summed E-state index contributed by atoms with van der Waals surface area (Å²) in [5, 5.41) is 40.0. The number of nitrogens with zero attached hydrogens (tertiary/aromatic N) is 7. The number of anilines is 2. The van der Waals surface area contributed by atoms with Crippen LogP contribution in [0.25, 0.3) is 11.3 Å². The number of benzene rings is 2. The van der Waals surface area contributed by atoms with E-state index in [0.717, 1.165) is 89.5 Å². The van der Waals surface area contributed by atoms with Crippen LogP contribution in [0.1, 0.15) is 89.7 Å². The first kappa shape index (κ1) is 49.8. The molecule has 3 aromatic rings. The summed E-state index contributed by atoms with van der Waals surface area (Å²) in [4.78, 5) is 54.0. The van der Waals surface area contributed by atoms with Gasteiger partial charge in [-0.2, -0.15) is 0 Å². The smallest absolute Gasteiger partial charge is 0.246 e. The number of ether oxygens (including phenoxy) is 1. The van der Waals surface area contributed by atoms with Gasteiger partial charge in [0.1, 0.15) is 23.6 Å². The summed E-state index contributed by atoms with van der Waals surface area (Å²) in [6.07, 6.45) is 12.9. The number of halogens is 1. The largest absolute Gasteiger partial charge is 0.507 e. The summed E-state index contributed by atoms with van der Waals surface area (Å²) >= 11 is 6.50. The van der Waals surface area contributed by atoms with E-state index in [2.05, 4.69) is 57.7 Å². The number of methoxy groups -OCH3 is 1. The van der Waals surface area contributed by atoms with Crippen molar-refractivity contribution in [1.82, 2.24) is 40.4 Å². The maximum absolute atomic E-state index is 14.3. The van der Waals surface area contributed by atoms with Gasteiger partial charge in [-0.25, -0.2) is 0 Å². The van der Waals surface area contributed by atoms with E-state index in [9.17, 15) is 24.6 Å². The zero-order chi connectivity index (χ0) is 49.3. The van der Waals surface area contributed by atoms with Gasteiger partial charge in [0, 0.05) is 86.4 Å². The third-order valence-corrected chi connectivity index (χ3v) is 16.5. The predicted molar refractivity (Wildman–Crippen MR) is 271 cm³/mol. The highest BCUT2D eigenvalue weighted by atomic mass is 35.5. The van der Waals surface area contributed by atoms with Gasteiger partial charge in [-0.05, 0) is 113 Å². The van der Waals surface area contributed by atoms with E-state index in [4.69, 9.17) is 22.8 Å². The molecular formula is C53H71ClN10O6. The number of carbonyl (C=O) groups excluding carboxylic acids is 3. The van der Waals surface area contributed by atoms with Crippen LogP contribution >= 0.6 is 11.6 Å². The average Bonchev–Trinajstić information content (AvgIpc) is 3.78. The van der Waals surface area contributed by atoms with Gasteiger partial charge in [0.25, 0.3) is 0 Å². The third-order valence-electron chi connectivity index (χ3n) is 16.1. The molecule has 4 saturated heterocycles. The number of likely N-dealkylation sites (tertiary alicyclic amines) is 3. The van der Waals surface area contributed by atoms with Crippen molar-refractivity contribution in [3.63, 3.8) is 0 Å². The first-order valence-corrected chi connectivity index (χ1v) is 25.8. The fraction of sp³-hybridized carbons (Fsp3) is 0.604. The summed E-state index contributed by atoms with van der Waals surface area (Å²) in [6.45, 7) is 14.0. The number of nitrogens with one attached hydrogen (secondary N) is 3. The van der Waals surface area contributed by atoms with Crippen LogP contribution in [-0.2, 0) is 20.9 Å². The molecule has 0 unspecified atom stereocenters. The Morgan fingerprint density at radius 2 is 1.54 bits per heavy atom. The Morgan fingerprint density at radius 1 is 0.871 bits per heavy atom. The number of piperidine rings is 2. The van der Waals surface area contributed by atoms with E-state index in [0.29, 0.717) is 57.3 Å². The van der Waals surface area contributed by atoms with Crippen molar-refractivity contribution in [3.05, 3.63) is 58.6 Å². The van der Waals surface area contributed by atoms with Crippen LogP contribution in [0.4, 0.5) is 11.5 Å². The van der Waals surface area contributed by atoms with E-state index < -0.39 is 29.5 Å². The second-order valence-corrected chi connectivity index (χ2v) is 21.9. The molecule has 4 atom stereocenters. The number of piperazine rings is 1. The number of carbonyl (C=O) groups is 3. The second kappa shape index (κ2) is 21.3. The molecule has 5 aliphatic heterocycles. The standard InChI is InChI=1S/C53H71ClN10O6/c1-6-33-25-42(54)41(47(26-33)70-5)30-56-51(68)45-27-39(65)32-64(45)52(69)48(53(2,3)4)57-50(67)34-11-13-35(14-12-34)60-19-15-36(16-20-60)61-21-17-37(18-22-61)62-23-24-63-38(31-62)29-55-49-44(63)28-43(58-59-49)40-9-7-8-10-46(40)66/h1,7-10,25-26,28,34-39,45,48,65-66H,11-24,27,29-32H2,2-5H3,(H,55,59)(H,56,68)(H,57,67)/t34-,35+,38-,39+,45-,48+/m0/s1. The highest BCUT2D eigenvalue weighted by Gasteiger charge is 2.46. The molecule has 9 rings (SSSR count). The number of phenols is 1. The van der Waals surface area contributed by atoms with Crippen molar-refractivity contribution in [2.45, 2.75) is 127 Å². The summed E-state index contributed by atoms with van der Waals surface area (Å²) in [5.74, 6) is 2.88. The lowest BCUT2D eigenvalue weighted by Crippen LogP contribution is -2.61. The van der Waals surface area contributed by atoms with Gasteiger partial charge >= 0.3 is 0 Å². The zero-order valence-corrected chi connectivity index (χ0v) is 42.0. The number of hydrogen-bond acceptors (Lipinski definition) is 13. The molecule has 1 aliphatic carbocycles. The Bertz CT molecular complexity index is 2420. The van der Waals surface area contributed by atoms with Gasteiger partial charge in [0.15, 0.2) is 5.82 Å². The van der Waals surface area contributed by atoms with Crippen molar-refractivity contribution in [2.24, 2.45) is 11.3 Å². The van der Waals surface area contributed by atoms with Gasteiger partial charge in [-0.3, -0.25) is 19.3 Å². The van der Waals surface area contributed by atoms with E-state index in [1.807, 2.05) is 39.0 Å². The van der Waals surface area contributed by atoms with Crippen LogP contribution in [0.2, 0.25) is 5.02 Å². The van der Waals surface area contributed by atoms with E-state index in [-0.39, 0.29) is 43.0 Å². The third kappa shape index (κ3) is 10.7. The normalized spacial score (nSPS) is 25.5. The Hall–Kier alpha value is -5.18. The predicted octanol–water partition coefficient (Wildman–Crippen LogP) is 4.71.